The SMILES string of the molecule is Cc1nn(C)c(C)c1NC(=O)C(C)N1CCN(C(=O)COc2ccc(F)cc2)CC1. The number of aryl methyl sites for hydroxylation is 2. The van der Waals surface area contributed by atoms with E-state index in [2.05, 4.69) is 15.3 Å². The number of nitrogens with one attached hydrogen (secondary N) is 1. The van der Waals surface area contributed by atoms with Crippen LogP contribution in [-0.2, 0) is 16.6 Å². The van der Waals surface area contributed by atoms with E-state index in [-0.39, 0.29) is 30.3 Å². The van der Waals surface area contributed by atoms with E-state index >= 15 is 0 Å². The van der Waals surface area contributed by atoms with Gasteiger partial charge in [-0.25, -0.2) is 4.39 Å². The molecular formula is C21H28FN5O3. The van der Waals surface area contributed by atoms with Crippen LogP contribution in [0.3, 0.4) is 0 Å². The van der Waals surface area contributed by atoms with E-state index in [1.165, 1.54) is 24.3 Å². The molecule has 9 heteroatoms. The Balaban J connectivity index is 1.47. The van der Waals surface area contributed by atoms with Gasteiger partial charge in [-0.1, -0.05) is 0 Å². The molecule has 0 bridgehead atoms. The molecule has 162 valence electrons. The molecule has 1 aromatic carbocycles. The van der Waals surface area contributed by atoms with Gasteiger partial charge in [0.05, 0.1) is 23.1 Å². The van der Waals surface area contributed by atoms with E-state index in [9.17, 15) is 14.0 Å². The lowest BCUT2D eigenvalue weighted by Crippen LogP contribution is -2.54. The van der Waals surface area contributed by atoms with E-state index in [0.29, 0.717) is 31.9 Å². The molecule has 0 spiro atoms. The normalized spacial score (nSPS) is 15.7. The minimum absolute atomic E-state index is 0.0892. The quantitative estimate of drug-likeness (QED) is 0.774. The number of piperazine rings is 1. The molecule has 8 nitrogen and oxygen atoms in total. The Kier molecular flexibility index (Phi) is 6.71. The molecule has 0 saturated carbocycles. The minimum Gasteiger partial charge on any atom is -0.484 e. The molecule has 1 atom stereocenters. The maximum absolute atomic E-state index is 12.9. The van der Waals surface area contributed by atoms with Crippen molar-refractivity contribution >= 4 is 17.5 Å². The van der Waals surface area contributed by atoms with Crippen molar-refractivity contribution in [3.8, 4) is 5.75 Å². The summed E-state index contributed by atoms with van der Waals surface area (Å²) in [6, 6.07) is 5.25. The first-order valence-corrected chi connectivity index (χ1v) is 9.97. The highest BCUT2D eigenvalue weighted by Gasteiger charge is 2.28. The number of carbonyl (C=O) groups is 2. The van der Waals surface area contributed by atoms with Gasteiger partial charge in [0.15, 0.2) is 6.61 Å². The topological polar surface area (TPSA) is 79.7 Å². The van der Waals surface area contributed by atoms with Crippen molar-refractivity contribution in [3.05, 3.63) is 41.5 Å². The number of rotatable bonds is 6. The lowest BCUT2D eigenvalue weighted by atomic mass is 10.2. The van der Waals surface area contributed by atoms with E-state index in [4.69, 9.17) is 4.74 Å². The number of amides is 2. The third kappa shape index (κ3) is 4.96. The largest absolute Gasteiger partial charge is 0.484 e. The Labute approximate surface area is 175 Å². The Morgan fingerprint density at radius 3 is 2.37 bits per heavy atom. The summed E-state index contributed by atoms with van der Waals surface area (Å²) in [6.07, 6.45) is 0. The molecule has 1 saturated heterocycles. The molecular weight excluding hydrogens is 389 g/mol. The third-order valence-corrected chi connectivity index (χ3v) is 5.53. The second-order valence-electron chi connectivity index (χ2n) is 7.49. The predicted molar refractivity (Wildman–Crippen MR) is 111 cm³/mol. The summed E-state index contributed by atoms with van der Waals surface area (Å²) in [5.41, 5.74) is 2.44. The number of anilines is 1. The molecule has 3 rings (SSSR count). The number of halogens is 1. The van der Waals surface area contributed by atoms with Crippen LogP contribution in [0.5, 0.6) is 5.75 Å². The summed E-state index contributed by atoms with van der Waals surface area (Å²) in [5, 5.41) is 7.30. The van der Waals surface area contributed by atoms with Crippen molar-refractivity contribution in [3.63, 3.8) is 0 Å². The first-order valence-electron chi connectivity index (χ1n) is 9.97. The number of aromatic nitrogens is 2. The van der Waals surface area contributed by atoms with Crippen LogP contribution in [0.1, 0.15) is 18.3 Å². The van der Waals surface area contributed by atoms with Crippen molar-refractivity contribution in [1.82, 2.24) is 19.6 Å². The van der Waals surface area contributed by atoms with Gasteiger partial charge in [0.2, 0.25) is 5.91 Å². The molecule has 1 aromatic heterocycles. The van der Waals surface area contributed by atoms with E-state index < -0.39 is 0 Å². The van der Waals surface area contributed by atoms with E-state index in [0.717, 1.165) is 17.1 Å². The van der Waals surface area contributed by atoms with Crippen LogP contribution in [0.15, 0.2) is 24.3 Å². The molecule has 1 aliphatic rings. The lowest BCUT2D eigenvalue weighted by molar-refractivity contribution is -0.135. The van der Waals surface area contributed by atoms with Crippen molar-refractivity contribution in [2.24, 2.45) is 7.05 Å². The Hall–Kier alpha value is -2.94. The van der Waals surface area contributed by atoms with Gasteiger partial charge in [-0.2, -0.15) is 5.10 Å². The third-order valence-electron chi connectivity index (χ3n) is 5.53. The highest BCUT2D eigenvalue weighted by molar-refractivity contribution is 5.95. The molecule has 1 fully saturated rings. The Morgan fingerprint density at radius 1 is 1.17 bits per heavy atom. The molecule has 2 aromatic rings. The number of carbonyl (C=O) groups excluding carboxylic acids is 2. The van der Waals surface area contributed by atoms with E-state index in [1.807, 2.05) is 27.8 Å². The van der Waals surface area contributed by atoms with E-state index in [1.54, 1.807) is 9.58 Å². The Bertz CT molecular complexity index is 904. The molecule has 2 heterocycles. The van der Waals surface area contributed by atoms with Gasteiger partial charge in [-0.15, -0.1) is 0 Å². The van der Waals surface area contributed by atoms with Crippen LogP contribution in [-0.4, -0.2) is 70.2 Å². The number of hydrogen-bond acceptors (Lipinski definition) is 5. The second kappa shape index (κ2) is 9.25. The fraction of sp³-hybridized carbons (Fsp3) is 0.476. The Morgan fingerprint density at radius 2 is 1.80 bits per heavy atom. The summed E-state index contributed by atoms with van der Waals surface area (Å²) in [7, 11) is 1.84. The van der Waals surface area contributed by atoms with Crippen molar-refractivity contribution in [1.29, 1.82) is 0 Å². The molecule has 1 unspecified atom stereocenters. The second-order valence-corrected chi connectivity index (χ2v) is 7.49. The zero-order chi connectivity index (χ0) is 21.8. The molecule has 30 heavy (non-hydrogen) atoms. The maximum atomic E-state index is 12.9. The summed E-state index contributed by atoms with van der Waals surface area (Å²) in [5.74, 6) is -0.113. The van der Waals surface area contributed by atoms with Gasteiger partial charge < -0.3 is 15.0 Å². The zero-order valence-electron chi connectivity index (χ0n) is 17.8. The molecule has 0 radical (unpaired) electrons. The molecule has 2 amide bonds. The summed E-state index contributed by atoms with van der Waals surface area (Å²) >= 11 is 0. The van der Waals surface area contributed by atoms with Gasteiger partial charge >= 0.3 is 0 Å². The van der Waals surface area contributed by atoms with Crippen LogP contribution in [0, 0.1) is 19.7 Å². The first kappa shape index (κ1) is 21.8. The van der Waals surface area contributed by atoms with Crippen LogP contribution in [0.4, 0.5) is 10.1 Å². The highest BCUT2D eigenvalue weighted by atomic mass is 19.1. The minimum atomic E-state index is -0.350. The first-order chi connectivity index (χ1) is 14.3. The zero-order valence-corrected chi connectivity index (χ0v) is 17.8. The average Bonchev–Trinajstić information content (AvgIpc) is 2.98. The standard InChI is InChI=1S/C21H28FN5O3/c1-14-20(15(2)25(4)24-14)23-21(29)16(3)26-9-11-27(12-10-26)19(28)13-30-18-7-5-17(22)6-8-18/h5-8,16H,9-13H2,1-4H3,(H,23,29). The molecule has 1 aliphatic heterocycles. The van der Waals surface area contributed by atoms with Crippen LogP contribution < -0.4 is 10.1 Å². The molecule has 1 N–H and O–H groups in total. The van der Waals surface area contributed by atoms with Gasteiger partial charge in [0.25, 0.3) is 5.91 Å². The lowest BCUT2D eigenvalue weighted by Gasteiger charge is -2.37. The fourth-order valence-electron chi connectivity index (χ4n) is 3.47. The van der Waals surface area contributed by atoms with Crippen molar-refractivity contribution < 1.29 is 18.7 Å². The summed E-state index contributed by atoms with van der Waals surface area (Å²) in [4.78, 5) is 28.9. The molecule has 0 aliphatic carbocycles. The number of nitrogens with zero attached hydrogens (tertiary/aromatic N) is 4. The maximum Gasteiger partial charge on any atom is 0.260 e. The van der Waals surface area contributed by atoms with Crippen LogP contribution in [0.25, 0.3) is 0 Å². The number of ether oxygens (including phenoxy) is 1. The number of hydrogen-bond donors (Lipinski definition) is 1. The summed E-state index contributed by atoms with van der Waals surface area (Å²) < 4.78 is 20.1. The van der Waals surface area contributed by atoms with Gasteiger partial charge in [-0.05, 0) is 45.0 Å². The van der Waals surface area contributed by atoms with Gasteiger partial charge in [0.1, 0.15) is 11.6 Å². The smallest absolute Gasteiger partial charge is 0.260 e. The van der Waals surface area contributed by atoms with Crippen LogP contribution >= 0.6 is 0 Å². The van der Waals surface area contributed by atoms with Crippen molar-refractivity contribution in [2.45, 2.75) is 26.8 Å². The predicted octanol–water partition coefficient (Wildman–Crippen LogP) is 1.73. The highest BCUT2D eigenvalue weighted by Crippen LogP contribution is 2.19. The summed E-state index contributed by atoms with van der Waals surface area (Å²) in [6.45, 7) is 7.79. The van der Waals surface area contributed by atoms with Gasteiger partial charge in [0, 0.05) is 33.2 Å². The average molecular weight is 417 g/mol. The monoisotopic (exact) mass is 417 g/mol. The fourth-order valence-corrected chi connectivity index (χ4v) is 3.47. The number of benzene rings is 1. The van der Waals surface area contributed by atoms with Crippen molar-refractivity contribution in [2.75, 3.05) is 38.1 Å². The van der Waals surface area contributed by atoms with Gasteiger partial charge in [-0.3, -0.25) is 19.2 Å². The van der Waals surface area contributed by atoms with Crippen LogP contribution in [0.2, 0.25) is 0 Å².